The fourth-order valence-electron chi connectivity index (χ4n) is 1.77. The summed E-state index contributed by atoms with van der Waals surface area (Å²) in [7, 11) is 0. The first kappa shape index (κ1) is 13.7. The van der Waals surface area contributed by atoms with Crippen LogP contribution in [0.5, 0.6) is 5.75 Å². The monoisotopic (exact) mass is 323 g/mol. The molecule has 2 aromatic rings. The van der Waals surface area contributed by atoms with Gasteiger partial charge in [0.1, 0.15) is 12.0 Å². The lowest BCUT2D eigenvalue weighted by atomic mass is 10.1. The number of hydrogen-bond acceptors (Lipinski definition) is 3. The second-order valence-electron chi connectivity index (χ2n) is 4.38. The van der Waals surface area contributed by atoms with E-state index in [9.17, 15) is 9.90 Å². The summed E-state index contributed by atoms with van der Waals surface area (Å²) in [6.07, 6.45) is 2.11. The molecule has 1 amide bonds. The third-order valence-corrected chi connectivity index (χ3v) is 3.10. The van der Waals surface area contributed by atoms with Crippen molar-refractivity contribution < 1.29 is 14.3 Å². The zero-order valence-corrected chi connectivity index (χ0v) is 12.0. The predicted octanol–water partition coefficient (Wildman–Crippen LogP) is 3.11. The van der Waals surface area contributed by atoms with Gasteiger partial charge in [-0.3, -0.25) is 4.79 Å². The van der Waals surface area contributed by atoms with Crippen LogP contribution in [-0.2, 0) is 6.42 Å². The summed E-state index contributed by atoms with van der Waals surface area (Å²) in [5.74, 6) is 0.0735. The third kappa shape index (κ3) is 3.86. The summed E-state index contributed by atoms with van der Waals surface area (Å²) >= 11 is 3.16. The van der Waals surface area contributed by atoms with Crippen molar-refractivity contribution in [3.63, 3.8) is 0 Å². The minimum atomic E-state index is -0.166. The molecule has 0 radical (unpaired) electrons. The average Bonchev–Trinajstić information content (AvgIpc) is 2.79. The molecule has 0 aliphatic heterocycles. The highest BCUT2D eigenvalue weighted by molar-refractivity contribution is 9.10. The van der Waals surface area contributed by atoms with Gasteiger partial charge in [-0.25, -0.2) is 0 Å². The molecule has 19 heavy (non-hydrogen) atoms. The van der Waals surface area contributed by atoms with Gasteiger partial charge in [0.25, 0.3) is 5.91 Å². The Labute approximate surface area is 119 Å². The minimum Gasteiger partial charge on any atom is -0.508 e. The molecule has 0 aliphatic carbocycles. The van der Waals surface area contributed by atoms with Crippen molar-refractivity contribution in [3.05, 3.63) is 52.4 Å². The standard InChI is InChI=1S/C14H14BrNO3/c1-9(6-10-2-4-12(17)5-3-10)16-14(18)11-7-13(15)19-8-11/h2-5,7-9,17H,6H2,1H3,(H,16,18)/t9-/m0/s1. The van der Waals surface area contributed by atoms with Gasteiger partial charge in [0.15, 0.2) is 4.67 Å². The van der Waals surface area contributed by atoms with Gasteiger partial charge in [-0.2, -0.15) is 0 Å². The molecule has 4 nitrogen and oxygen atoms in total. The molecule has 1 aromatic heterocycles. The summed E-state index contributed by atoms with van der Waals surface area (Å²) < 4.78 is 5.56. The number of phenolic OH excluding ortho intramolecular Hbond substituents is 1. The predicted molar refractivity (Wildman–Crippen MR) is 75.1 cm³/mol. The average molecular weight is 324 g/mol. The molecule has 0 saturated carbocycles. The number of aromatic hydroxyl groups is 1. The van der Waals surface area contributed by atoms with Gasteiger partial charge in [0, 0.05) is 12.1 Å². The maximum Gasteiger partial charge on any atom is 0.254 e. The highest BCUT2D eigenvalue weighted by Gasteiger charge is 2.12. The van der Waals surface area contributed by atoms with Gasteiger partial charge in [-0.15, -0.1) is 0 Å². The number of nitrogens with one attached hydrogen (secondary N) is 1. The van der Waals surface area contributed by atoms with Crippen molar-refractivity contribution in [2.75, 3.05) is 0 Å². The van der Waals surface area contributed by atoms with E-state index in [1.807, 2.05) is 19.1 Å². The maximum atomic E-state index is 11.9. The van der Waals surface area contributed by atoms with Crippen LogP contribution in [-0.4, -0.2) is 17.1 Å². The molecule has 1 atom stereocenters. The number of amides is 1. The highest BCUT2D eigenvalue weighted by atomic mass is 79.9. The lowest BCUT2D eigenvalue weighted by Gasteiger charge is -2.13. The molecule has 100 valence electrons. The molecule has 2 N–H and O–H groups in total. The molecule has 0 unspecified atom stereocenters. The fraction of sp³-hybridized carbons (Fsp3) is 0.214. The van der Waals surface area contributed by atoms with E-state index in [2.05, 4.69) is 21.2 Å². The van der Waals surface area contributed by atoms with E-state index in [0.717, 1.165) is 5.56 Å². The van der Waals surface area contributed by atoms with Gasteiger partial charge >= 0.3 is 0 Å². The topological polar surface area (TPSA) is 62.5 Å². The summed E-state index contributed by atoms with van der Waals surface area (Å²) in [5.41, 5.74) is 1.54. The lowest BCUT2D eigenvalue weighted by Crippen LogP contribution is -2.33. The summed E-state index contributed by atoms with van der Waals surface area (Å²) in [4.78, 5) is 11.9. The van der Waals surface area contributed by atoms with E-state index in [0.29, 0.717) is 16.7 Å². The minimum absolute atomic E-state index is 0.00859. The molecular weight excluding hydrogens is 310 g/mol. The van der Waals surface area contributed by atoms with Gasteiger partial charge < -0.3 is 14.8 Å². The van der Waals surface area contributed by atoms with Crippen molar-refractivity contribution in [2.45, 2.75) is 19.4 Å². The first-order chi connectivity index (χ1) is 9.04. The number of carbonyl (C=O) groups excluding carboxylic acids is 1. The lowest BCUT2D eigenvalue weighted by molar-refractivity contribution is 0.0939. The van der Waals surface area contributed by atoms with Crippen LogP contribution in [0.2, 0.25) is 0 Å². The molecule has 0 spiro atoms. The van der Waals surface area contributed by atoms with Crippen LogP contribution in [0.4, 0.5) is 0 Å². The Bertz CT molecular complexity index is 562. The Morgan fingerprint density at radius 3 is 2.68 bits per heavy atom. The van der Waals surface area contributed by atoms with Gasteiger partial charge in [0.2, 0.25) is 0 Å². The number of hydrogen-bond donors (Lipinski definition) is 2. The van der Waals surface area contributed by atoms with E-state index in [4.69, 9.17) is 4.42 Å². The van der Waals surface area contributed by atoms with Crippen molar-refractivity contribution >= 4 is 21.8 Å². The van der Waals surface area contributed by atoms with Crippen LogP contribution in [0.15, 0.2) is 45.7 Å². The molecule has 0 aliphatic rings. The van der Waals surface area contributed by atoms with Crippen LogP contribution in [0, 0.1) is 0 Å². The number of carbonyl (C=O) groups is 1. The summed E-state index contributed by atoms with van der Waals surface area (Å²) in [6.45, 7) is 1.93. The van der Waals surface area contributed by atoms with Crippen molar-refractivity contribution in [3.8, 4) is 5.75 Å². The number of furan rings is 1. The molecule has 0 fully saturated rings. The number of phenols is 1. The smallest absolute Gasteiger partial charge is 0.254 e. The van der Waals surface area contributed by atoms with Crippen molar-refractivity contribution in [1.29, 1.82) is 0 Å². The van der Waals surface area contributed by atoms with E-state index < -0.39 is 0 Å². The molecular formula is C14H14BrNO3. The Morgan fingerprint density at radius 2 is 2.11 bits per heavy atom. The highest BCUT2D eigenvalue weighted by Crippen LogP contribution is 2.15. The van der Waals surface area contributed by atoms with Gasteiger partial charge in [-0.05, 0) is 47.0 Å². The number of halogens is 1. The van der Waals surface area contributed by atoms with E-state index in [1.54, 1.807) is 18.2 Å². The van der Waals surface area contributed by atoms with Crippen molar-refractivity contribution in [1.82, 2.24) is 5.32 Å². The first-order valence-corrected chi connectivity index (χ1v) is 6.66. The summed E-state index contributed by atoms with van der Waals surface area (Å²) in [6, 6.07) is 8.57. The van der Waals surface area contributed by atoms with Crippen LogP contribution in [0.1, 0.15) is 22.8 Å². The fourth-order valence-corrected chi connectivity index (χ4v) is 2.11. The molecule has 1 aromatic carbocycles. The Kier molecular flexibility index (Phi) is 4.27. The Hall–Kier alpha value is -1.75. The third-order valence-electron chi connectivity index (χ3n) is 2.69. The molecule has 2 rings (SSSR count). The molecule has 5 heteroatoms. The zero-order chi connectivity index (χ0) is 13.8. The Balaban J connectivity index is 1.92. The van der Waals surface area contributed by atoms with E-state index >= 15 is 0 Å². The second-order valence-corrected chi connectivity index (χ2v) is 5.17. The maximum absolute atomic E-state index is 11.9. The molecule has 1 heterocycles. The second kappa shape index (κ2) is 5.93. The van der Waals surface area contributed by atoms with Gasteiger partial charge in [0.05, 0.1) is 5.56 Å². The summed E-state index contributed by atoms with van der Waals surface area (Å²) in [5, 5.41) is 12.1. The largest absolute Gasteiger partial charge is 0.508 e. The first-order valence-electron chi connectivity index (χ1n) is 5.87. The normalized spacial score (nSPS) is 12.1. The van der Waals surface area contributed by atoms with Crippen LogP contribution in [0.3, 0.4) is 0 Å². The Morgan fingerprint density at radius 1 is 1.42 bits per heavy atom. The molecule has 0 saturated heterocycles. The number of rotatable bonds is 4. The van der Waals surface area contributed by atoms with Crippen LogP contribution < -0.4 is 5.32 Å². The number of benzene rings is 1. The van der Waals surface area contributed by atoms with E-state index in [1.165, 1.54) is 6.26 Å². The van der Waals surface area contributed by atoms with E-state index in [-0.39, 0.29) is 17.7 Å². The van der Waals surface area contributed by atoms with Crippen LogP contribution >= 0.6 is 15.9 Å². The zero-order valence-electron chi connectivity index (χ0n) is 10.4. The quantitative estimate of drug-likeness (QED) is 0.908. The van der Waals surface area contributed by atoms with Crippen LogP contribution in [0.25, 0.3) is 0 Å². The SMILES string of the molecule is C[C@@H](Cc1ccc(O)cc1)NC(=O)c1coc(Br)c1. The molecule has 0 bridgehead atoms. The van der Waals surface area contributed by atoms with Crippen molar-refractivity contribution in [2.24, 2.45) is 0 Å². The van der Waals surface area contributed by atoms with Gasteiger partial charge in [-0.1, -0.05) is 12.1 Å².